The highest BCUT2D eigenvalue weighted by Gasteiger charge is 2.23. The normalized spacial score (nSPS) is 19.4. The molecule has 4 nitrogen and oxygen atoms in total. The third kappa shape index (κ3) is 1.38. The number of benzene rings is 1. The van der Waals surface area contributed by atoms with E-state index in [2.05, 4.69) is 22.3 Å². The number of nitrogens with zero attached hydrogens (tertiary/aromatic N) is 2. The quantitative estimate of drug-likeness (QED) is 0.783. The summed E-state index contributed by atoms with van der Waals surface area (Å²) < 4.78 is 1.79. The summed E-state index contributed by atoms with van der Waals surface area (Å²) in [7, 11) is 0. The minimum Gasteiger partial charge on any atom is -0.271 e. The number of fused-ring (bicyclic) bond motifs is 1. The molecule has 1 atom stereocenters. The van der Waals surface area contributed by atoms with Gasteiger partial charge < -0.3 is 0 Å². The first-order valence-electron chi connectivity index (χ1n) is 5.57. The van der Waals surface area contributed by atoms with Gasteiger partial charge >= 0.3 is 5.69 Å². The Balaban J connectivity index is 2.12. The molecule has 16 heavy (non-hydrogen) atoms. The van der Waals surface area contributed by atoms with Crippen LogP contribution in [0, 0.1) is 0 Å². The average molecular weight is 215 g/mol. The van der Waals surface area contributed by atoms with Gasteiger partial charge in [-0.15, -0.1) is 0 Å². The van der Waals surface area contributed by atoms with E-state index in [9.17, 15) is 4.79 Å². The van der Waals surface area contributed by atoms with Crippen molar-refractivity contribution < 1.29 is 0 Å². The minimum absolute atomic E-state index is 0.0939. The van der Waals surface area contributed by atoms with Crippen molar-refractivity contribution in [2.45, 2.75) is 25.3 Å². The first-order chi connectivity index (χ1) is 7.86. The molecule has 1 aromatic heterocycles. The number of hydrogen-bond donors (Lipinski definition) is 1. The molecule has 0 fully saturated rings. The predicted octanol–water partition coefficient (Wildman–Crippen LogP) is 1.50. The van der Waals surface area contributed by atoms with Crippen molar-refractivity contribution in [2.75, 3.05) is 0 Å². The average Bonchev–Trinajstić information content (AvgIpc) is 2.73. The third-order valence-electron chi connectivity index (χ3n) is 3.15. The lowest BCUT2D eigenvalue weighted by Gasteiger charge is -2.23. The van der Waals surface area contributed by atoms with Crippen LogP contribution in [0.2, 0.25) is 0 Å². The Kier molecular flexibility index (Phi) is 2.13. The molecule has 1 aliphatic rings. The third-order valence-corrected chi connectivity index (χ3v) is 3.15. The SMILES string of the molecule is O=c1[nH]nc2n1[C@@H](c1ccccc1)CCC2. The first-order valence-corrected chi connectivity index (χ1v) is 5.57. The zero-order chi connectivity index (χ0) is 11.0. The molecule has 0 saturated heterocycles. The van der Waals surface area contributed by atoms with Gasteiger partial charge in [-0.2, -0.15) is 5.10 Å². The van der Waals surface area contributed by atoms with Crippen molar-refractivity contribution in [3.63, 3.8) is 0 Å². The Labute approximate surface area is 92.9 Å². The molecule has 2 heterocycles. The van der Waals surface area contributed by atoms with Crippen LogP contribution in [-0.4, -0.2) is 14.8 Å². The summed E-state index contributed by atoms with van der Waals surface area (Å²) in [6.45, 7) is 0. The van der Waals surface area contributed by atoms with Gasteiger partial charge in [0.15, 0.2) is 0 Å². The summed E-state index contributed by atoms with van der Waals surface area (Å²) in [4.78, 5) is 11.7. The van der Waals surface area contributed by atoms with Crippen molar-refractivity contribution in [2.24, 2.45) is 0 Å². The molecular weight excluding hydrogens is 202 g/mol. The molecule has 1 aromatic carbocycles. The zero-order valence-corrected chi connectivity index (χ0v) is 8.89. The maximum atomic E-state index is 11.7. The van der Waals surface area contributed by atoms with Gasteiger partial charge in [-0.25, -0.2) is 9.89 Å². The van der Waals surface area contributed by atoms with Crippen LogP contribution in [0.1, 0.15) is 30.3 Å². The molecule has 0 spiro atoms. The van der Waals surface area contributed by atoms with Crippen LogP contribution in [0.25, 0.3) is 0 Å². The smallest absolute Gasteiger partial charge is 0.271 e. The molecular formula is C12H13N3O. The van der Waals surface area contributed by atoms with E-state index >= 15 is 0 Å². The molecule has 3 rings (SSSR count). The zero-order valence-electron chi connectivity index (χ0n) is 8.89. The van der Waals surface area contributed by atoms with Gasteiger partial charge in [-0.05, 0) is 18.4 Å². The van der Waals surface area contributed by atoms with E-state index in [0.717, 1.165) is 25.1 Å². The van der Waals surface area contributed by atoms with Gasteiger partial charge in [-0.3, -0.25) is 4.57 Å². The molecule has 1 N–H and O–H groups in total. The fraction of sp³-hybridized carbons (Fsp3) is 0.333. The summed E-state index contributed by atoms with van der Waals surface area (Å²) in [5, 5.41) is 6.59. The Morgan fingerprint density at radius 3 is 2.94 bits per heavy atom. The van der Waals surface area contributed by atoms with E-state index in [0.29, 0.717) is 0 Å². The molecule has 1 aliphatic heterocycles. The van der Waals surface area contributed by atoms with Crippen LogP contribution in [0.5, 0.6) is 0 Å². The molecule has 0 unspecified atom stereocenters. The van der Waals surface area contributed by atoms with Gasteiger partial charge in [0.2, 0.25) is 0 Å². The lowest BCUT2D eigenvalue weighted by Crippen LogP contribution is -2.28. The molecule has 0 amide bonds. The molecule has 0 saturated carbocycles. The number of H-pyrrole nitrogens is 1. The van der Waals surface area contributed by atoms with E-state index in [1.54, 1.807) is 4.57 Å². The highest BCUT2D eigenvalue weighted by molar-refractivity contribution is 5.21. The maximum absolute atomic E-state index is 11.7. The van der Waals surface area contributed by atoms with Crippen LogP contribution in [0.3, 0.4) is 0 Å². The van der Waals surface area contributed by atoms with E-state index in [4.69, 9.17) is 0 Å². The summed E-state index contributed by atoms with van der Waals surface area (Å²) in [5.74, 6) is 0.880. The van der Waals surface area contributed by atoms with Crippen molar-refractivity contribution in [3.8, 4) is 0 Å². The van der Waals surface area contributed by atoms with Crippen LogP contribution in [0.15, 0.2) is 35.1 Å². The molecule has 0 radical (unpaired) electrons. The number of aromatic amines is 1. The first kappa shape index (κ1) is 9.39. The number of nitrogens with one attached hydrogen (secondary N) is 1. The second-order valence-electron chi connectivity index (χ2n) is 4.13. The van der Waals surface area contributed by atoms with Crippen LogP contribution >= 0.6 is 0 Å². The largest absolute Gasteiger partial charge is 0.343 e. The highest BCUT2D eigenvalue weighted by Crippen LogP contribution is 2.27. The van der Waals surface area contributed by atoms with E-state index in [1.807, 2.05) is 18.2 Å². The lowest BCUT2D eigenvalue weighted by atomic mass is 9.97. The second kappa shape index (κ2) is 3.63. The lowest BCUT2D eigenvalue weighted by molar-refractivity contribution is 0.442. The minimum atomic E-state index is -0.0939. The molecule has 0 bridgehead atoms. The fourth-order valence-corrected chi connectivity index (χ4v) is 2.41. The van der Waals surface area contributed by atoms with Crippen molar-refractivity contribution >= 4 is 0 Å². The summed E-state index contributed by atoms with van der Waals surface area (Å²) in [6, 6.07) is 10.3. The number of rotatable bonds is 1. The van der Waals surface area contributed by atoms with Crippen LogP contribution in [0.4, 0.5) is 0 Å². The van der Waals surface area contributed by atoms with Gasteiger partial charge in [0, 0.05) is 6.42 Å². The maximum Gasteiger partial charge on any atom is 0.343 e. The van der Waals surface area contributed by atoms with E-state index in [-0.39, 0.29) is 11.7 Å². The number of aromatic nitrogens is 3. The number of aryl methyl sites for hydroxylation is 1. The van der Waals surface area contributed by atoms with Crippen LogP contribution in [-0.2, 0) is 6.42 Å². The fourth-order valence-electron chi connectivity index (χ4n) is 2.41. The Morgan fingerprint density at radius 2 is 2.12 bits per heavy atom. The van der Waals surface area contributed by atoms with Crippen molar-refractivity contribution in [3.05, 3.63) is 52.2 Å². The van der Waals surface area contributed by atoms with Crippen molar-refractivity contribution in [1.82, 2.24) is 14.8 Å². The van der Waals surface area contributed by atoms with Crippen molar-refractivity contribution in [1.29, 1.82) is 0 Å². The molecule has 0 aliphatic carbocycles. The summed E-state index contributed by atoms with van der Waals surface area (Å²) in [6.07, 6.45) is 2.99. The Bertz CT molecular complexity index is 541. The molecule has 2 aromatic rings. The van der Waals surface area contributed by atoms with E-state index < -0.39 is 0 Å². The monoisotopic (exact) mass is 215 g/mol. The second-order valence-corrected chi connectivity index (χ2v) is 4.13. The molecule has 4 heteroatoms. The Morgan fingerprint density at radius 1 is 1.31 bits per heavy atom. The summed E-state index contributed by atoms with van der Waals surface area (Å²) >= 11 is 0. The standard InChI is InChI=1S/C12H13N3O/c16-12-14-13-11-8-4-7-10(15(11)12)9-5-2-1-3-6-9/h1-3,5-6,10H,4,7-8H2,(H,14,16)/t10-/m1/s1. The molecule has 82 valence electrons. The highest BCUT2D eigenvalue weighted by atomic mass is 16.1. The van der Waals surface area contributed by atoms with Crippen LogP contribution < -0.4 is 5.69 Å². The predicted molar refractivity (Wildman–Crippen MR) is 60.4 cm³/mol. The number of hydrogen-bond acceptors (Lipinski definition) is 2. The van der Waals surface area contributed by atoms with Gasteiger partial charge in [0.1, 0.15) is 5.82 Å². The van der Waals surface area contributed by atoms with Gasteiger partial charge in [0.25, 0.3) is 0 Å². The Hall–Kier alpha value is -1.84. The van der Waals surface area contributed by atoms with Gasteiger partial charge in [0.05, 0.1) is 6.04 Å². The van der Waals surface area contributed by atoms with Gasteiger partial charge in [-0.1, -0.05) is 30.3 Å². The topological polar surface area (TPSA) is 50.7 Å². The summed E-state index contributed by atoms with van der Waals surface area (Å²) in [5.41, 5.74) is 1.09. The van der Waals surface area contributed by atoms with E-state index in [1.165, 1.54) is 5.56 Å².